The van der Waals surface area contributed by atoms with E-state index in [1.165, 1.54) is 22.7 Å². The smallest absolute Gasteiger partial charge is 0.0925 e. The average Bonchev–Trinajstić information content (AvgIpc) is 2.74. The number of nitrogens with zero attached hydrogens (tertiary/aromatic N) is 1. The number of rotatable bonds is 7. The van der Waals surface area contributed by atoms with Crippen LogP contribution < -0.4 is 5.32 Å². The van der Waals surface area contributed by atoms with Crippen molar-refractivity contribution in [1.82, 2.24) is 10.3 Å². The Labute approximate surface area is 103 Å². The molecule has 2 atom stereocenters. The van der Waals surface area contributed by atoms with E-state index >= 15 is 0 Å². The number of hydrogen-bond donors (Lipinski definition) is 1. The predicted molar refractivity (Wildman–Crippen MR) is 71.9 cm³/mol. The van der Waals surface area contributed by atoms with E-state index in [1.54, 1.807) is 0 Å². The molecule has 92 valence electrons. The predicted octanol–water partition coefficient (Wildman–Crippen LogP) is 3.62. The van der Waals surface area contributed by atoms with E-state index < -0.39 is 0 Å². The summed E-state index contributed by atoms with van der Waals surface area (Å²) in [5.74, 6) is 0.815. The van der Waals surface area contributed by atoms with Crippen LogP contribution in [-0.2, 0) is 13.0 Å². The summed E-state index contributed by atoms with van der Waals surface area (Å²) in [6.45, 7) is 9.97. The van der Waals surface area contributed by atoms with Gasteiger partial charge in [-0.3, -0.25) is 0 Å². The summed E-state index contributed by atoms with van der Waals surface area (Å²) >= 11 is 1.83. The zero-order valence-electron chi connectivity index (χ0n) is 10.9. The molecule has 0 fully saturated rings. The second-order valence-corrected chi connectivity index (χ2v) is 5.80. The Morgan fingerprint density at radius 2 is 2.12 bits per heavy atom. The first-order valence-electron chi connectivity index (χ1n) is 6.32. The van der Waals surface area contributed by atoms with Crippen LogP contribution in [0.3, 0.4) is 0 Å². The van der Waals surface area contributed by atoms with E-state index in [4.69, 9.17) is 0 Å². The van der Waals surface area contributed by atoms with Crippen molar-refractivity contribution in [3.8, 4) is 0 Å². The van der Waals surface area contributed by atoms with Gasteiger partial charge in [0, 0.05) is 23.7 Å². The Morgan fingerprint density at radius 1 is 1.38 bits per heavy atom. The standard InChI is InChI=1S/C13H24N2S/c1-5-10(3)7-11(4)14-8-12-9-15-13(6-2)16-12/h9-11,14H,5-8H2,1-4H3. The fourth-order valence-corrected chi connectivity index (χ4v) is 2.53. The van der Waals surface area contributed by atoms with E-state index in [0.717, 1.165) is 18.9 Å². The molecular weight excluding hydrogens is 216 g/mol. The minimum atomic E-state index is 0.599. The first-order valence-corrected chi connectivity index (χ1v) is 7.14. The minimum absolute atomic E-state index is 0.599. The summed E-state index contributed by atoms with van der Waals surface area (Å²) < 4.78 is 0. The molecule has 0 aliphatic carbocycles. The van der Waals surface area contributed by atoms with Gasteiger partial charge in [-0.2, -0.15) is 0 Å². The summed E-state index contributed by atoms with van der Waals surface area (Å²) in [4.78, 5) is 5.72. The normalized spacial score (nSPS) is 15.0. The minimum Gasteiger partial charge on any atom is -0.309 e. The Morgan fingerprint density at radius 3 is 2.69 bits per heavy atom. The molecule has 0 spiro atoms. The van der Waals surface area contributed by atoms with Gasteiger partial charge in [0.05, 0.1) is 5.01 Å². The van der Waals surface area contributed by atoms with Crippen molar-refractivity contribution in [3.05, 3.63) is 16.1 Å². The van der Waals surface area contributed by atoms with Crippen molar-refractivity contribution in [2.75, 3.05) is 0 Å². The van der Waals surface area contributed by atoms with Gasteiger partial charge >= 0.3 is 0 Å². The van der Waals surface area contributed by atoms with Gasteiger partial charge in [-0.1, -0.05) is 27.2 Å². The highest BCUT2D eigenvalue weighted by atomic mass is 32.1. The zero-order valence-corrected chi connectivity index (χ0v) is 11.7. The highest BCUT2D eigenvalue weighted by molar-refractivity contribution is 7.11. The molecule has 0 saturated carbocycles. The van der Waals surface area contributed by atoms with Gasteiger partial charge in [0.2, 0.25) is 0 Å². The lowest BCUT2D eigenvalue weighted by atomic mass is 10.0. The zero-order chi connectivity index (χ0) is 12.0. The summed E-state index contributed by atoms with van der Waals surface area (Å²) in [6, 6.07) is 0.599. The number of nitrogens with one attached hydrogen (secondary N) is 1. The maximum atomic E-state index is 4.37. The lowest BCUT2D eigenvalue weighted by Crippen LogP contribution is -2.26. The van der Waals surface area contributed by atoms with Gasteiger partial charge in [0.1, 0.15) is 0 Å². The van der Waals surface area contributed by atoms with Crippen molar-refractivity contribution in [2.45, 2.75) is 59.5 Å². The third-order valence-electron chi connectivity index (χ3n) is 2.98. The molecule has 0 amide bonds. The summed E-state index contributed by atoms with van der Waals surface area (Å²) in [6.07, 6.45) is 5.59. The molecule has 2 unspecified atom stereocenters. The monoisotopic (exact) mass is 240 g/mol. The van der Waals surface area contributed by atoms with Crippen LogP contribution in [0.1, 0.15) is 50.4 Å². The molecular formula is C13H24N2S. The fraction of sp³-hybridized carbons (Fsp3) is 0.769. The summed E-state index contributed by atoms with van der Waals surface area (Å²) in [5, 5.41) is 4.81. The van der Waals surface area contributed by atoms with Crippen LogP contribution in [-0.4, -0.2) is 11.0 Å². The van der Waals surface area contributed by atoms with Gasteiger partial charge in [-0.15, -0.1) is 11.3 Å². The molecule has 0 aliphatic rings. The van der Waals surface area contributed by atoms with Crippen molar-refractivity contribution < 1.29 is 0 Å². The van der Waals surface area contributed by atoms with Gasteiger partial charge in [-0.05, 0) is 25.7 Å². The second-order valence-electron chi connectivity index (χ2n) is 4.60. The van der Waals surface area contributed by atoms with E-state index in [2.05, 4.69) is 38.0 Å². The first-order chi connectivity index (χ1) is 7.65. The summed E-state index contributed by atoms with van der Waals surface area (Å²) in [5.41, 5.74) is 0. The molecule has 2 nitrogen and oxygen atoms in total. The summed E-state index contributed by atoms with van der Waals surface area (Å²) in [7, 11) is 0. The Bertz CT molecular complexity index is 296. The third-order valence-corrected chi connectivity index (χ3v) is 4.12. The van der Waals surface area contributed by atoms with Crippen molar-refractivity contribution in [2.24, 2.45) is 5.92 Å². The molecule has 1 aromatic heterocycles. The highest BCUT2D eigenvalue weighted by Gasteiger charge is 2.07. The van der Waals surface area contributed by atoms with E-state index in [1.807, 2.05) is 17.5 Å². The lowest BCUT2D eigenvalue weighted by Gasteiger charge is -2.16. The molecule has 1 rings (SSSR count). The van der Waals surface area contributed by atoms with Crippen molar-refractivity contribution in [1.29, 1.82) is 0 Å². The SMILES string of the molecule is CCc1ncc(CNC(C)CC(C)CC)s1. The number of hydrogen-bond acceptors (Lipinski definition) is 3. The second kappa shape index (κ2) is 7.02. The Balaban J connectivity index is 2.28. The van der Waals surface area contributed by atoms with Gasteiger partial charge in [-0.25, -0.2) is 4.98 Å². The van der Waals surface area contributed by atoms with Crippen LogP contribution in [0.15, 0.2) is 6.20 Å². The van der Waals surface area contributed by atoms with Crippen molar-refractivity contribution in [3.63, 3.8) is 0 Å². The van der Waals surface area contributed by atoms with Gasteiger partial charge < -0.3 is 5.32 Å². The van der Waals surface area contributed by atoms with E-state index in [9.17, 15) is 0 Å². The first kappa shape index (κ1) is 13.7. The quantitative estimate of drug-likeness (QED) is 0.787. The molecule has 0 bridgehead atoms. The van der Waals surface area contributed by atoms with E-state index in [0.29, 0.717) is 6.04 Å². The molecule has 3 heteroatoms. The molecule has 0 aromatic carbocycles. The van der Waals surface area contributed by atoms with Crippen molar-refractivity contribution >= 4 is 11.3 Å². The third kappa shape index (κ3) is 4.62. The topological polar surface area (TPSA) is 24.9 Å². The molecule has 1 heterocycles. The van der Waals surface area contributed by atoms with E-state index in [-0.39, 0.29) is 0 Å². The largest absolute Gasteiger partial charge is 0.309 e. The van der Waals surface area contributed by atoms with Crippen LogP contribution in [0.5, 0.6) is 0 Å². The lowest BCUT2D eigenvalue weighted by molar-refractivity contribution is 0.413. The molecule has 0 radical (unpaired) electrons. The molecule has 16 heavy (non-hydrogen) atoms. The van der Waals surface area contributed by atoms with Gasteiger partial charge in [0.15, 0.2) is 0 Å². The molecule has 1 N–H and O–H groups in total. The van der Waals surface area contributed by atoms with Gasteiger partial charge in [0.25, 0.3) is 0 Å². The fourth-order valence-electron chi connectivity index (χ4n) is 1.72. The molecule has 0 saturated heterocycles. The maximum absolute atomic E-state index is 4.37. The number of thiazole rings is 1. The average molecular weight is 240 g/mol. The Kier molecular flexibility index (Phi) is 5.99. The maximum Gasteiger partial charge on any atom is 0.0925 e. The highest BCUT2D eigenvalue weighted by Crippen LogP contribution is 2.14. The van der Waals surface area contributed by atoms with Crippen LogP contribution in [0.2, 0.25) is 0 Å². The number of aryl methyl sites for hydroxylation is 1. The van der Waals surface area contributed by atoms with Crippen LogP contribution in [0.25, 0.3) is 0 Å². The molecule has 0 aliphatic heterocycles. The Hall–Kier alpha value is -0.410. The van der Waals surface area contributed by atoms with Crippen LogP contribution in [0, 0.1) is 5.92 Å². The molecule has 1 aromatic rings. The number of aromatic nitrogens is 1. The van der Waals surface area contributed by atoms with Crippen LogP contribution >= 0.6 is 11.3 Å². The van der Waals surface area contributed by atoms with Crippen LogP contribution in [0.4, 0.5) is 0 Å².